The molecule has 1 N–H and O–H groups in total. The van der Waals surface area contributed by atoms with Gasteiger partial charge in [0.1, 0.15) is 0 Å². The number of sulfone groups is 1. The minimum atomic E-state index is -3.29. The topological polar surface area (TPSA) is 76.1 Å². The lowest BCUT2D eigenvalue weighted by molar-refractivity contribution is 0.102. The number of carbonyl (C=O) groups excluding carboxylic acids is 1. The number of aromatic nitrogens is 1. The van der Waals surface area contributed by atoms with Gasteiger partial charge in [-0.2, -0.15) is 0 Å². The van der Waals surface area contributed by atoms with Crippen molar-refractivity contribution in [2.45, 2.75) is 11.8 Å². The fourth-order valence-corrected chi connectivity index (χ4v) is 3.87. The van der Waals surface area contributed by atoms with Crippen LogP contribution in [0.1, 0.15) is 15.4 Å². The average molecular weight is 407 g/mol. The molecule has 0 atom stereocenters. The van der Waals surface area contributed by atoms with Crippen LogP contribution in [-0.4, -0.2) is 25.6 Å². The van der Waals surface area contributed by atoms with Crippen molar-refractivity contribution >= 4 is 44.4 Å². The summed E-state index contributed by atoms with van der Waals surface area (Å²) in [6, 6.07) is 11.0. The van der Waals surface area contributed by atoms with Crippen molar-refractivity contribution in [3.63, 3.8) is 0 Å². The predicted octanol–water partition coefficient (Wildman–Crippen LogP) is 4.43. The molecule has 0 radical (unpaired) electrons. The summed E-state index contributed by atoms with van der Waals surface area (Å²) in [5.41, 5.74) is 2.49. The molecule has 0 bridgehead atoms. The number of thiazole rings is 1. The van der Waals surface area contributed by atoms with Crippen LogP contribution < -0.4 is 5.32 Å². The summed E-state index contributed by atoms with van der Waals surface area (Å²) in [6.45, 7) is 1.92. The first-order valence-corrected chi connectivity index (χ1v) is 10.7. The Balaban J connectivity index is 1.78. The van der Waals surface area contributed by atoms with E-state index in [1.807, 2.05) is 12.3 Å². The van der Waals surface area contributed by atoms with Gasteiger partial charge in [-0.1, -0.05) is 11.6 Å². The van der Waals surface area contributed by atoms with Crippen molar-refractivity contribution in [2.75, 3.05) is 11.6 Å². The van der Waals surface area contributed by atoms with E-state index in [9.17, 15) is 13.2 Å². The number of hydrogen-bond donors (Lipinski definition) is 1. The Morgan fingerprint density at radius 2 is 1.85 bits per heavy atom. The zero-order valence-corrected chi connectivity index (χ0v) is 16.4. The quantitative estimate of drug-likeness (QED) is 0.695. The largest absolute Gasteiger partial charge is 0.322 e. The van der Waals surface area contributed by atoms with E-state index in [0.29, 0.717) is 16.3 Å². The van der Waals surface area contributed by atoms with Gasteiger partial charge < -0.3 is 5.32 Å². The van der Waals surface area contributed by atoms with Crippen LogP contribution in [-0.2, 0) is 9.84 Å². The van der Waals surface area contributed by atoms with E-state index in [-0.39, 0.29) is 10.8 Å². The van der Waals surface area contributed by atoms with Gasteiger partial charge in [-0.15, -0.1) is 11.3 Å². The molecule has 1 heterocycles. The number of nitrogens with zero attached hydrogens (tertiary/aromatic N) is 1. The van der Waals surface area contributed by atoms with Crippen molar-refractivity contribution < 1.29 is 13.2 Å². The maximum Gasteiger partial charge on any atom is 0.255 e. The normalized spacial score (nSPS) is 11.3. The molecule has 26 heavy (non-hydrogen) atoms. The number of benzene rings is 2. The molecule has 0 aliphatic heterocycles. The second kappa shape index (κ2) is 7.19. The van der Waals surface area contributed by atoms with Crippen LogP contribution >= 0.6 is 22.9 Å². The third kappa shape index (κ3) is 4.12. The van der Waals surface area contributed by atoms with Crippen LogP contribution in [0.2, 0.25) is 5.02 Å². The number of rotatable bonds is 4. The van der Waals surface area contributed by atoms with Crippen molar-refractivity contribution in [2.24, 2.45) is 0 Å². The summed E-state index contributed by atoms with van der Waals surface area (Å²) in [5.74, 6) is -0.349. The van der Waals surface area contributed by atoms with E-state index in [0.717, 1.165) is 22.5 Å². The van der Waals surface area contributed by atoms with E-state index < -0.39 is 9.84 Å². The number of anilines is 1. The Kier molecular flexibility index (Phi) is 5.13. The van der Waals surface area contributed by atoms with E-state index in [2.05, 4.69) is 10.3 Å². The van der Waals surface area contributed by atoms with Crippen molar-refractivity contribution in [3.8, 4) is 11.3 Å². The van der Waals surface area contributed by atoms with Crippen LogP contribution in [0.15, 0.2) is 52.7 Å². The van der Waals surface area contributed by atoms with Crippen molar-refractivity contribution in [3.05, 3.63) is 63.4 Å². The smallest absolute Gasteiger partial charge is 0.255 e. The average Bonchev–Trinajstić information content (AvgIpc) is 3.00. The first kappa shape index (κ1) is 18.6. The predicted molar refractivity (Wildman–Crippen MR) is 105 cm³/mol. The minimum Gasteiger partial charge on any atom is -0.322 e. The Bertz CT molecular complexity index is 1070. The van der Waals surface area contributed by atoms with E-state index >= 15 is 0 Å². The second-order valence-corrected chi connectivity index (χ2v) is 9.18. The number of hydrogen-bond acceptors (Lipinski definition) is 5. The zero-order chi connectivity index (χ0) is 18.9. The number of amides is 1. The summed E-state index contributed by atoms with van der Waals surface area (Å²) >= 11 is 7.86. The monoisotopic (exact) mass is 406 g/mol. The van der Waals surface area contributed by atoms with Crippen molar-refractivity contribution in [1.29, 1.82) is 0 Å². The molecule has 5 nitrogen and oxygen atoms in total. The number of carbonyl (C=O) groups is 1. The Morgan fingerprint density at radius 1 is 1.15 bits per heavy atom. The van der Waals surface area contributed by atoms with Crippen LogP contribution in [0.3, 0.4) is 0 Å². The molecule has 0 saturated carbocycles. The lowest BCUT2D eigenvalue weighted by Gasteiger charge is -2.08. The molecule has 1 aromatic heterocycles. The lowest BCUT2D eigenvalue weighted by atomic mass is 10.1. The van der Waals surface area contributed by atoms with Gasteiger partial charge in [0.25, 0.3) is 5.91 Å². The zero-order valence-electron chi connectivity index (χ0n) is 14.0. The second-order valence-electron chi connectivity index (χ2n) is 5.70. The number of halogens is 1. The summed E-state index contributed by atoms with van der Waals surface area (Å²) in [5, 5.41) is 6.12. The first-order valence-electron chi connectivity index (χ1n) is 7.57. The first-order chi connectivity index (χ1) is 12.2. The highest BCUT2D eigenvalue weighted by Gasteiger charge is 2.12. The molecular weight excluding hydrogens is 392 g/mol. The molecule has 1 amide bonds. The maximum atomic E-state index is 12.3. The summed E-state index contributed by atoms with van der Waals surface area (Å²) in [7, 11) is -3.29. The summed E-state index contributed by atoms with van der Waals surface area (Å²) < 4.78 is 22.9. The standard InChI is InChI=1S/C18H15ClN2O3S2/c1-11-20-17(10-25-11)15-8-5-13(9-16(15)19)21-18(22)12-3-6-14(7-4-12)26(2,23)24/h3-10H,1-2H3,(H,21,22). The lowest BCUT2D eigenvalue weighted by Crippen LogP contribution is -2.12. The van der Waals surface area contributed by atoms with Gasteiger partial charge in [-0.05, 0) is 49.4 Å². The molecule has 3 rings (SSSR count). The third-order valence-electron chi connectivity index (χ3n) is 3.67. The third-order valence-corrected chi connectivity index (χ3v) is 5.88. The molecule has 0 aliphatic carbocycles. The molecular formula is C18H15ClN2O3S2. The maximum absolute atomic E-state index is 12.3. The van der Waals surface area contributed by atoms with Crippen molar-refractivity contribution in [1.82, 2.24) is 4.98 Å². The molecule has 0 aliphatic rings. The fraction of sp³-hybridized carbons (Fsp3) is 0.111. The van der Waals surface area contributed by atoms with Gasteiger partial charge in [-0.25, -0.2) is 13.4 Å². The molecule has 0 unspecified atom stereocenters. The van der Waals surface area contributed by atoms with Crippen LogP contribution in [0.4, 0.5) is 5.69 Å². The highest BCUT2D eigenvalue weighted by Crippen LogP contribution is 2.31. The molecule has 134 valence electrons. The van der Waals surface area contributed by atoms with Gasteiger partial charge in [-0.3, -0.25) is 4.79 Å². The highest BCUT2D eigenvalue weighted by molar-refractivity contribution is 7.90. The SMILES string of the molecule is Cc1nc(-c2ccc(NC(=O)c3ccc(S(C)(=O)=O)cc3)cc2Cl)cs1. The molecule has 0 spiro atoms. The Morgan fingerprint density at radius 3 is 2.38 bits per heavy atom. The Labute approximate surface area is 160 Å². The van der Waals surface area contributed by atoms with E-state index in [1.165, 1.54) is 24.3 Å². The van der Waals surface area contributed by atoms with Gasteiger partial charge in [0.2, 0.25) is 0 Å². The van der Waals surface area contributed by atoms with Gasteiger partial charge in [0, 0.05) is 28.5 Å². The van der Waals surface area contributed by atoms with Gasteiger partial charge >= 0.3 is 0 Å². The molecule has 8 heteroatoms. The summed E-state index contributed by atoms with van der Waals surface area (Å²) in [6.07, 6.45) is 1.12. The molecule has 3 aromatic rings. The molecule has 0 saturated heterocycles. The van der Waals surface area contributed by atoms with Crippen LogP contribution in [0.25, 0.3) is 11.3 Å². The van der Waals surface area contributed by atoms with Crippen LogP contribution in [0, 0.1) is 6.92 Å². The van der Waals surface area contributed by atoms with Gasteiger partial charge in [0.05, 0.1) is 20.6 Å². The highest BCUT2D eigenvalue weighted by atomic mass is 35.5. The number of nitrogens with one attached hydrogen (secondary N) is 1. The Hall–Kier alpha value is -2.22. The number of aryl methyl sites for hydroxylation is 1. The fourth-order valence-electron chi connectivity index (χ4n) is 2.34. The van der Waals surface area contributed by atoms with E-state index in [1.54, 1.807) is 29.5 Å². The van der Waals surface area contributed by atoms with Gasteiger partial charge in [0.15, 0.2) is 9.84 Å². The molecule has 0 fully saturated rings. The van der Waals surface area contributed by atoms with E-state index in [4.69, 9.17) is 11.6 Å². The summed E-state index contributed by atoms with van der Waals surface area (Å²) in [4.78, 5) is 16.9. The molecule has 2 aromatic carbocycles. The van der Waals surface area contributed by atoms with Crippen LogP contribution in [0.5, 0.6) is 0 Å². The minimum absolute atomic E-state index is 0.167.